The lowest BCUT2D eigenvalue weighted by Crippen LogP contribution is -2.05. The lowest BCUT2D eigenvalue weighted by atomic mass is 9.92. The van der Waals surface area contributed by atoms with E-state index in [1.54, 1.807) is 0 Å². The van der Waals surface area contributed by atoms with Crippen LogP contribution in [0.25, 0.3) is 0 Å². The number of rotatable bonds is 14. The van der Waals surface area contributed by atoms with E-state index in [9.17, 15) is 0 Å². The van der Waals surface area contributed by atoms with Gasteiger partial charge in [-0.2, -0.15) is 0 Å². The highest BCUT2D eigenvalue weighted by atomic mass is 79.9. The van der Waals surface area contributed by atoms with Crippen LogP contribution in [0.15, 0.2) is 12.1 Å². The first-order chi connectivity index (χ1) is 12.1. The lowest BCUT2D eigenvalue weighted by Gasteiger charge is -2.14. The van der Waals surface area contributed by atoms with E-state index >= 15 is 0 Å². The van der Waals surface area contributed by atoms with Gasteiger partial charge in [-0.1, -0.05) is 92.8 Å². The van der Waals surface area contributed by atoms with E-state index in [1.807, 2.05) is 0 Å². The highest BCUT2D eigenvalue weighted by Gasteiger charge is 2.09. The Hall–Kier alpha value is -0.630. The lowest BCUT2D eigenvalue weighted by molar-refractivity contribution is 0.556. The molecule has 1 aromatic carbocycles. The predicted molar refractivity (Wildman–Crippen MR) is 117 cm³/mol. The van der Waals surface area contributed by atoms with Crippen molar-refractivity contribution in [1.82, 2.24) is 0 Å². The number of hydrogen-bond acceptors (Lipinski definition) is 1. The molecule has 0 aliphatic heterocycles. The second kappa shape index (κ2) is 13.6. The van der Waals surface area contributed by atoms with Gasteiger partial charge in [-0.25, -0.2) is 0 Å². The summed E-state index contributed by atoms with van der Waals surface area (Å²) in [5.41, 5.74) is 6.06. The molecule has 1 aromatic rings. The standard InChI is InChI=1S/C23H38BrN/c1-4-5-6-7-8-9-10-11-12-13-14-21-15-16-22(20(3)19(21)2)23(25)17-18-24/h15-16,25H,4-14,17-18H2,1-3H3. The summed E-state index contributed by atoms with van der Waals surface area (Å²) in [5, 5.41) is 9.06. The van der Waals surface area contributed by atoms with Crippen molar-refractivity contribution in [3.63, 3.8) is 0 Å². The number of hydrogen-bond donors (Lipinski definition) is 1. The monoisotopic (exact) mass is 407 g/mol. The molecule has 2 heteroatoms. The molecule has 0 bridgehead atoms. The zero-order valence-electron chi connectivity index (χ0n) is 16.7. The van der Waals surface area contributed by atoms with Crippen LogP contribution in [0.1, 0.15) is 99.8 Å². The third kappa shape index (κ3) is 8.53. The summed E-state index contributed by atoms with van der Waals surface area (Å²) in [6, 6.07) is 4.42. The molecule has 0 fully saturated rings. The normalized spacial score (nSPS) is 11.0. The largest absolute Gasteiger partial charge is 0.305 e. The fraction of sp³-hybridized carbons (Fsp3) is 0.696. The van der Waals surface area contributed by atoms with Gasteiger partial charge in [0.25, 0.3) is 0 Å². The summed E-state index contributed by atoms with van der Waals surface area (Å²) in [6.07, 6.45) is 15.9. The number of aryl methyl sites for hydroxylation is 1. The topological polar surface area (TPSA) is 23.9 Å². The van der Waals surface area contributed by atoms with Crippen molar-refractivity contribution in [2.75, 3.05) is 5.33 Å². The molecule has 142 valence electrons. The average Bonchev–Trinajstić information content (AvgIpc) is 2.60. The maximum absolute atomic E-state index is 8.19. The van der Waals surface area contributed by atoms with Gasteiger partial charge in [0, 0.05) is 11.0 Å². The molecule has 0 amide bonds. The van der Waals surface area contributed by atoms with Crippen LogP contribution in [-0.2, 0) is 6.42 Å². The van der Waals surface area contributed by atoms with E-state index in [0.717, 1.165) is 23.0 Å². The van der Waals surface area contributed by atoms with Gasteiger partial charge in [0.2, 0.25) is 0 Å². The van der Waals surface area contributed by atoms with Crippen molar-refractivity contribution < 1.29 is 0 Å². The quantitative estimate of drug-likeness (QED) is 0.184. The number of benzene rings is 1. The van der Waals surface area contributed by atoms with E-state index in [-0.39, 0.29) is 0 Å². The summed E-state index contributed by atoms with van der Waals surface area (Å²) in [6.45, 7) is 6.69. The minimum absolute atomic E-state index is 0.753. The fourth-order valence-corrected chi connectivity index (χ4v) is 3.90. The maximum atomic E-state index is 8.19. The third-order valence-electron chi connectivity index (χ3n) is 5.37. The summed E-state index contributed by atoms with van der Waals surface area (Å²) in [7, 11) is 0. The molecule has 0 atom stereocenters. The second-order valence-corrected chi connectivity index (χ2v) is 8.16. The molecule has 0 spiro atoms. The number of unbranched alkanes of at least 4 members (excludes halogenated alkanes) is 9. The van der Waals surface area contributed by atoms with Crippen LogP contribution >= 0.6 is 15.9 Å². The van der Waals surface area contributed by atoms with Gasteiger partial charge in [-0.3, -0.25) is 0 Å². The van der Waals surface area contributed by atoms with E-state index < -0.39 is 0 Å². The van der Waals surface area contributed by atoms with E-state index in [0.29, 0.717) is 0 Å². The Morgan fingerprint density at radius 1 is 0.840 bits per heavy atom. The van der Waals surface area contributed by atoms with Gasteiger partial charge in [-0.15, -0.1) is 0 Å². The first-order valence-electron chi connectivity index (χ1n) is 10.3. The molecule has 0 saturated carbocycles. The Morgan fingerprint density at radius 3 is 1.96 bits per heavy atom. The van der Waals surface area contributed by atoms with E-state index in [1.165, 1.54) is 87.3 Å². The van der Waals surface area contributed by atoms with Crippen molar-refractivity contribution in [1.29, 1.82) is 5.41 Å². The predicted octanol–water partition coefficient (Wildman–Crippen LogP) is 7.92. The molecule has 0 aromatic heterocycles. The van der Waals surface area contributed by atoms with Crippen LogP contribution < -0.4 is 0 Å². The molecule has 0 saturated heterocycles. The zero-order valence-corrected chi connectivity index (χ0v) is 18.3. The molecule has 0 heterocycles. The third-order valence-corrected chi connectivity index (χ3v) is 5.77. The van der Waals surface area contributed by atoms with Gasteiger partial charge in [-0.05, 0) is 55.4 Å². The summed E-state index contributed by atoms with van der Waals surface area (Å²) in [4.78, 5) is 0. The van der Waals surface area contributed by atoms with Crippen LogP contribution in [0.2, 0.25) is 0 Å². The van der Waals surface area contributed by atoms with Crippen LogP contribution in [0.5, 0.6) is 0 Å². The minimum atomic E-state index is 0.753. The van der Waals surface area contributed by atoms with Crippen molar-refractivity contribution in [2.24, 2.45) is 0 Å². The maximum Gasteiger partial charge on any atom is 0.0397 e. The summed E-state index contributed by atoms with van der Waals surface area (Å²) < 4.78 is 0. The Bertz CT molecular complexity index is 507. The van der Waals surface area contributed by atoms with E-state index in [4.69, 9.17) is 5.41 Å². The molecular weight excluding hydrogens is 370 g/mol. The first kappa shape index (κ1) is 22.4. The Kier molecular flexibility index (Phi) is 12.2. The van der Waals surface area contributed by atoms with Crippen molar-refractivity contribution in [2.45, 2.75) is 97.8 Å². The van der Waals surface area contributed by atoms with Gasteiger partial charge in [0.05, 0.1) is 0 Å². The minimum Gasteiger partial charge on any atom is -0.305 e. The highest BCUT2D eigenvalue weighted by molar-refractivity contribution is 9.09. The summed E-state index contributed by atoms with van der Waals surface area (Å²) >= 11 is 3.44. The average molecular weight is 408 g/mol. The molecule has 1 rings (SSSR count). The Labute approximate surface area is 164 Å². The zero-order chi connectivity index (χ0) is 18.5. The van der Waals surface area contributed by atoms with E-state index in [2.05, 4.69) is 48.8 Å². The second-order valence-electron chi connectivity index (χ2n) is 7.37. The van der Waals surface area contributed by atoms with Crippen LogP contribution in [0.4, 0.5) is 0 Å². The SMILES string of the molecule is CCCCCCCCCCCCc1ccc(C(=N)CCBr)c(C)c1C. The van der Waals surface area contributed by atoms with Gasteiger partial charge < -0.3 is 5.41 Å². The number of alkyl halides is 1. The number of nitrogens with one attached hydrogen (secondary N) is 1. The van der Waals surface area contributed by atoms with Gasteiger partial charge in [0.1, 0.15) is 0 Å². The van der Waals surface area contributed by atoms with Crippen LogP contribution in [0.3, 0.4) is 0 Å². The van der Waals surface area contributed by atoms with Crippen LogP contribution in [0, 0.1) is 19.3 Å². The molecule has 25 heavy (non-hydrogen) atoms. The van der Waals surface area contributed by atoms with Crippen molar-refractivity contribution in [3.05, 3.63) is 34.4 Å². The Balaban J connectivity index is 2.27. The molecule has 0 aliphatic rings. The molecule has 1 N–H and O–H groups in total. The molecule has 0 unspecified atom stereocenters. The molecular formula is C23H38BrN. The summed E-state index contributed by atoms with van der Waals surface area (Å²) in [5.74, 6) is 0. The number of halogens is 1. The van der Waals surface area contributed by atoms with Gasteiger partial charge in [0.15, 0.2) is 0 Å². The Morgan fingerprint density at radius 2 is 1.40 bits per heavy atom. The first-order valence-corrected chi connectivity index (χ1v) is 11.5. The molecule has 0 aliphatic carbocycles. The smallest absolute Gasteiger partial charge is 0.0397 e. The fourth-order valence-electron chi connectivity index (χ4n) is 3.51. The van der Waals surface area contributed by atoms with Gasteiger partial charge >= 0.3 is 0 Å². The molecule has 1 nitrogen and oxygen atoms in total. The highest BCUT2D eigenvalue weighted by Crippen LogP contribution is 2.21. The van der Waals surface area contributed by atoms with Crippen molar-refractivity contribution in [3.8, 4) is 0 Å². The van der Waals surface area contributed by atoms with Crippen molar-refractivity contribution >= 4 is 21.6 Å². The molecule has 0 radical (unpaired) electrons. The van der Waals surface area contributed by atoms with Crippen LogP contribution in [-0.4, -0.2) is 11.0 Å².